The minimum atomic E-state index is -0.304. The van der Waals surface area contributed by atoms with Gasteiger partial charge in [0.1, 0.15) is 5.52 Å². The van der Waals surface area contributed by atoms with Gasteiger partial charge in [0.15, 0.2) is 0 Å². The van der Waals surface area contributed by atoms with Gasteiger partial charge in [-0.3, -0.25) is 20.1 Å². The molecular formula is C25H38N8O. The summed E-state index contributed by atoms with van der Waals surface area (Å²) in [6.07, 6.45) is 3.88. The lowest BCUT2D eigenvalue weighted by molar-refractivity contribution is 0.102. The number of imidazole rings is 1. The van der Waals surface area contributed by atoms with Gasteiger partial charge in [-0.1, -0.05) is 6.92 Å². The Morgan fingerprint density at radius 1 is 1.29 bits per heavy atom. The van der Waals surface area contributed by atoms with Crippen molar-refractivity contribution in [2.24, 2.45) is 12.0 Å². The van der Waals surface area contributed by atoms with Crippen molar-refractivity contribution in [1.29, 1.82) is 0 Å². The van der Waals surface area contributed by atoms with E-state index in [1.165, 1.54) is 0 Å². The van der Waals surface area contributed by atoms with E-state index in [9.17, 15) is 4.79 Å². The van der Waals surface area contributed by atoms with Crippen LogP contribution in [0.2, 0.25) is 0 Å². The van der Waals surface area contributed by atoms with E-state index in [-0.39, 0.29) is 8.76 Å². The molecule has 0 radical (unpaired) electrons. The summed E-state index contributed by atoms with van der Waals surface area (Å²) in [6, 6.07) is 6.27. The predicted octanol–water partition coefficient (Wildman–Crippen LogP) is 3.54. The average Bonchev–Trinajstić information content (AvgIpc) is 3.11. The summed E-state index contributed by atoms with van der Waals surface area (Å²) in [6.45, 7) is 8.84. The van der Waals surface area contributed by atoms with Crippen LogP contribution in [0.3, 0.4) is 0 Å². The number of amides is 1. The molecule has 0 atom stereocenters. The van der Waals surface area contributed by atoms with Crippen LogP contribution in [-0.2, 0) is 7.05 Å². The molecule has 1 fully saturated rings. The summed E-state index contributed by atoms with van der Waals surface area (Å²) in [5.74, 6) is 0.150. The van der Waals surface area contributed by atoms with Gasteiger partial charge in [-0.05, 0) is 51.4 Å². The van der Waals surface area contributed by atoms with Gasteiger partial charge in [0.25, 0.3) is 5.91 Å². The van der Waals surface area contributed by atoms with Crippen LogP contribution in [0.1, 0.15) is 49.9 Å². The number of nitrogen functional groups attached to an aromatic ring is 1. The number of nitrogens with one attached hydrogen (secondary N) is 2. The van der Waals surface area contributed by atoms with E-state index in [4.69, 9.17) is 5.73 Å². The maximum absolute atomic E-state index is 13.2. The van der Waals surface area contributed by atoms with Crippen molar-refractivity contribution in [3.8, 4) is 0 Å². The molecule has 1 aromatic carbocycles. The van der Waals surface area contributed by atoms with Crippen molar-refractivity contribution in [3.63, 3.8) is 0 Å². The molecule has 1 aliphatic heterocycles. The first-order chi connectivity index (χ1) is 16.3. The molecule has 2 aromatic heterocycles. The fourth-order valence-electron chi connectivity index (χ4n) is 4.75. The lowest BCUT2D eigenvalue weighted by Crippen LogP contribution is -2.42. The third-order valence-corrected chi connectivity index (χ3v) is 6.49. The minimum absolute atomic E-state index is 0. The zero-order chi connectivity index (χ0) is 24.4. The number of anilines is 3. The van der Waals surface area contributed by atoms with E-state index in [2.05, 4.69) is 37.4 Å². The van der Waals surface area contributed by atoms with Gasteiger partial charge < -0.3 is 20.5 Å². The Hall–Kier alpha value is -3.46. The zero-order valence-corrected chi connectivity index (χ0v) is 20.6. The van der Waals surface area contributed by atoms with Crippen LogP contribution in [0, 0.1) is 13.8 Å². The second-order valence-electron chi connectivity index (χ2n) is 8.83. The highest BCUT2D eigenvalue weighted by Crippen LogP contribution is 2.31. The standard InChI is InChI=1S/C25H34N8O.2H2/c1-6-28-17-9-11-33(12-10-17)20-8-7-18(22(26)19(20)14-27-4)24(34)31-25-30-23-16(3)29-15(2)13-21(23)32(25)5;;/h7-8,13-14,17,28H,6,9-12,26H2,1-5H3,(H,30,31,34);2*1H. The lowest BCUT2D eigenvalue weighted by Gasteiger charge is -2.35. The molecule has 4 rings (SSSR count). The predicted molar refractivity (Wildman–Crippen MR) is 143 cm³/mol. The van der Waals surface area contributed by atoms with Gasteiger partial charge in [0, 0.05) is 59.2 Å². The van der Waals surface area contributed by atoms with Crippen molar-refractivity contribution in [2.75, 3.05) is 42.6 Å². The van der Waals surface area contributed by atoms with Gasteiger partial charge >= 0.3 is 0 Å². The number of hydrogen-bond donors (Lipinski definition) is 3. The number of hydrogen-bond acceptors (Lipinski definition) is 7. The molecule has 3 aromatic rings. The first kappa shape index (κ1) is 23.7. The molecule has 184 valence electrons. The van der Waals surface area contributed by atoms with Crippen LogP contribution in [0.15, 0.2) is 23.2 Å². The molecule has 0 aliphatic carbocycles. The molecule has 1 saturated heterocycles. The quantitative estimate of drug-likeness (QED) is 0.378. The lowest BCUT2D eigenvalue weighted by atomic mass is 10.00. The topological polar surface area (TPSA) is 113 Å². The van der Waals surface area contributed by atoms with E-state index in [0.29, 0.717) is 23.2 Å². The van der Waals surface area contributed by atoms with E-state index < -0.39 is 0 Å². The maximum Gasteiger partial charge on any atom is 0.260 e. The molecular weight excluding hydrogens is 428 g/mol. The number of carbonyl (C=O) groups is 1. The molecule has 9 heteroatoms. The number of aliphatic imine (C=N–C) groups is 1. The molecule has 3 heterocycles. The Morgan fingerprint density at radius 3 is 2.71 bits per heavy atom. The van der Waals surface area contributed by atoms with Gasteiger partial charge in [0.05, 0.1) is 22.5 Å². The van der Waals surface area contributed by atoms with Crippen molar-refractivity contribution in [2.45, 2.75) is 39.7 Å². The molecule has 1 amide bonds. The molecule has 0 unspecified atom stereocenters. The average molecular weight is 467 g/mol. The SMILES string of the molecule is CCNC1CCN(c2ccc(C(=O)Nc3nc4c(C)nc(C)cc4n3C)c(N)c2C=NC)CC1.[HH].[HH]. The monoisotopic (exact) mass is 466 g/mol. The number of pyridine rings is 1. The van der Waals surface area contributed by atoms with E-state index in [1.807, 2.05) is 37.6 Å². The fourth-order valence-corrected chi connectivity index (χ4v) is 4.75. The number of nitrogens with two attached hydrogens (primary N) is 1. The smallest absolute Gasteiger partial charge is 0.260 e. The van der Waals surface area contributed by atoms with Gasteiger partial charge in [-0.2, -0.15) is 0 Å². The third kappa shape index (κ3) is 4.48. The molecule has 1 aliphatic rings. The van der Waals surface area contributed by atoms with Crippen LogP contribution in [-0.4, -0.2) is 59.4 Å². The first-order valence-corrected chi connectivity index (χ1v) is 11.8. The van der Waals surface area contributed by atoms with Crippen molar-refractivity contribution in [1.82, 2.24) is 19.9 Å². The summed E-state index contributed by atoms with van der Waals surface area (Å²) in [4.78, 5) is 28.9. The molecule has 0 saturated carbocycles. The van der Waals surface area contributed by atoms with Crippen LogP contribution in [0.25, 0.3) is 11.0 Å². The Kier molecular flexibility index (Phi) is 6.83. The number of rotatable bonds is 6. The third-order valence-electron chi connectivity index (χ3n) is 6.49. The Balaban J connectivity index is 0.00000228. The zero-order valence-electron chi connectivity index (χ0n) is 20.6. The summed E-state index contributed by atoms with van der Waals surface area (Å²) < 4.78 is 1.86. The van der Waals surface area contributed by atoms with E-state index in [1.54, 1.807) is 19.3 Å². The fraction of sp³-hybridized carbons (Fsp3) is 0.440. The largest absolute Gasteiger partial charge is 0.397 e. The van der Waals surface area contributed by atoms with Crippen LogP contribution >= 0.6 is 0 Å². The van der Waals surface area contributed by atoms with E-state index >= 15 is 0 Å². The van der Waals surface area contributed by atoms with Gasteiger partial charge in [0.2, 0.25) is 5.95 Å². The number of carbonyl (C=O) groups excluding carboxylic acids is 1. The van der Waals surface area contributed by atoms with E-state index in [0.717, 1.165) is 66.1 Å². The Labute approximate surface area is 203 Å². The molecule has 9 nitrogen and oxygen atoms in total. The van der Waals surface area contributed by atoms with Crippen LogP contribution in [0.4, 0.5) is 17.3 Å². The van der Waals surface area contributed by atoms with Gasteiger partial charge in [-0.15, -0.1) is 0 Å². The Bertz CT molecular complexity index is 1250. The number of nitrogens with zero attached hydrogens (tertiary/aromatic N) is 5. The summed E-state index contributed by atoms with van der Waals surface area (Å²) in [5.41, 5.74) is 12.6. The highest BCUT2D eigenvalue weighted by atomic mass is 16.1. The molecule has 0 bridgehead atoms. The van der Waals surface area contributed by atoms with Crippen molar-refractivity contribution in [3.05, 3.63) is 40.7 Å². The van der Waals surface area contributed by atoms with Crippen LogP contribution < -0.4 is 21.3 Å². The minimum Gasteiger partial charge on any atom is -0.397 e. The summed E-state index contributed by atoms with van der Waals surface area (Å²) in [7, 11) is 3.59. The molecule has 0 spiro atoms. The first-order valence-electron chi connectivity index (χ1n) is 11.8. The van der Waals surface area contributed by atoms with Crippen LogP contribution in [0.5, 0.6) is 0 Å². The van der Waals surface area contributed by atoms with Crippen molar-refractivity contribution < 1.29 is 7.65 Å². The second kappa shape index (κ2) is 9.80. The highest BCUT2D eigenvalue weighted by molar-refractivity contribution is 6.11. The number of benzene rings is 1. The number of piperidine rings is 1. The maximum atomic E-state index is 13.2. The molecule has 34 heavy (non-hydrogen) atoms. The Morgan fingerprint density at radius 2 is 2.03 bits per heavy atom. The normalized spacial score (nSPS) is 14.9. The number of fused-ring (bicyclic) bond motifs is 1. The number of aryl methyl sites for hydroxylation is 3. The molecule has 4 N–H and O–H groups in total. The summed E-state index contributed by atoms with van der Waals surface area (Å²) in [5, 5.41) is 6.46. The number of aromatic nitrogens is 3. The van der Waals surface area contributed by atoms with Gasteiger partial charge in [-0.25, -0.2) is 4.98 Å². The summed E-state index contributed by atoms with van der Waals surface area (Å²) >= 11 is 0. The second-order valence-corrected chi connectivity index (χ2v) is 8.83. The highest BCUT2D eigenvalue weighted by Gasteiger charge is 2.24. The van der Waals surface area contributed by atoms with Crippen molar-refractivity contribution >= 4 is 40.5 Å².